The van der Waals surface area contributed by atoms with Crippen molar-refractivity contribution in [2.75, 3.05) is 0 Å². The second-order valence-electron chi connectivity index (χ2n) is 3.62. The summed E-state index contributed by atoms with van der Waals surface area (Å²) >= 11 is 5.72. The van der Waals surface area contributed by atoms with Crippen LogP contribution in [0, 0.1) is 0 Å². The van der Waals surface area contributed by atoms with Gasteiger partial charge in [-0.1, -0.05) is 11.6 Å². The highest BCUT2D eigenvalue weighted by atomic mass is 35.5. The summed E-state index contributed by atoms with van der Waals surface area (Å²) in [4.78, 5) is 11.7. The van der Waals surface area contributed by atoms with E-state index in [9.17, 15) is 13.2 Å². The molecule has 1 heterocycles. The molecule has 0 saturated heterocycles. The highest BCUT2D eigenvalue weighted by Crippen LogP contribution is 2.31. The standard InChI is InChI=1S/C10H9ClO3S/c1-6-4-9(12)8-5-7(11)2-3-10(8)15(6,13)14/h2-3,5-6H,4H2,1H3/t6-/m0/s1. The van der Waals surface area contributed by atoms with Gasteiger partial charge >= 0.3 is 0 Å². The van der Waals surface area contributed by atoms with Crippen molar-refractivity contribution in [3.63, 3.8) is 0 Å². The molecule has 0 amide bonds. The minimum absolute atomic E-state index is 0.0374. The average Bonchev–Trinajstić information content (AvgIpc) is 2.15. The van der Waals surface area contributed by atoms with Gasteiger partial charge in [0.1, 0.15) is 0 Å². The topological polar surface area (TPSA) is 51.2 Å². The highest BCUT2D eigenvalue weighted by molar-refractivity contribution is 7.92. The zero-order valence-corrected chi connectivity index (χ0v) is 9.60. The minimum atomic E-state index is -3.35. The Bertz CT molecular complexity index is 534. The average molecular weight is 245 g/mol. The molecule has 0 unspecified atom stereocenters. The van der Waals surface area contributed by atoms with Gasteiger partial charge in [0.15, 0.2) is 15.6 Å². The number of ketones is 1. The molecular formula is C10H9ClO3S. The van der Waals surface area contributed by atoms with E-state index in [1.165, 1.54) is 18.2 Å². The van der Waals surface area contributed by atoms with Crippen LogP contribution in [0.1, 0.15) is 23.7 Å². The van der Waals surface area contributed by atoms with E-state index in [0.717, 1.165) is 0 Å². The summed E-state index contributed by atoms with van der Waals surface area (Å²) < 4.78 is 23.7. The predicted octanol–water partition coefficient (Wildman–Crippen LogP) is 2.09. The molecule has 0 bridgehead atoms. The van der Waals surface area contributed by atoms with Gasteiger partial charge < -0.3 is 0 Å². The molecule has 0 aliphatic carbocycles. The first-order chi connectivity index (χ1) is 6.93. The number of hydrogen-bond acceptors (Lipinski definition) is 3. The summed E-state index contributed by atoms with van der Waals surface area (Å²) in [5.41, 5.74) is 0.223. The fraction of sp³-hybridized carbons (Fsp3) is 0.300. The van der Waals surface area contributed by atoms with Gasteiger partial charge in [-0.3, -0.25) is 4.79 Å². The molecule has 1 aromatic rings. The number of halogens is 1. The maximum atomic E-state index is 11.9. The Morgan fingerprint density at radius 2 is 2.07 bits per heavy atom. The van der Waals surface area contributed by atoms with E-state index in [1.54, 1.807) is 6.92 Å². The van der Waals surface area contributed by atoms with E-state index in [2.05, 4.69) is 0 Å². The van der Waals surface area contributed by atoms with Gasteiger partial charge in [-0.15, -0.1) is 0 Å². The fourth-order valence-electron chi connectivity index (χ4n) is 1.67. The zero-order chi connectivity index (χ0) is 11.2. The maximum Gasteiger partial charge on any atom is 0.182 e. The van der Waals surface area contributed by atoms with Gasteiger partial charge in [0, 0.05) is 17.0 Å². The number of hydrogen-bond donors (Lipinski definition) is 0. The van der Waals surface area contributed by atoms with E-state index in [1.807, 2.05) is 0 Å². The number of carbonyl (C=O) groups is 1. The second kappa shape index (κ2) is 3.32. The summed E-state index contributed by atoms with van der Waals surface area (Å²) in [6.45, 7) is 1.55. The SMILES string of the molecule is C[C@H]1CC(=O)c2cc(Cl)ccc2S1(=O)=O. The van der Waals surface area contributed by atoms with Crippen LogP contribution in [0.5, 0.6) is 0 Å². The molecule has 1 atom stereocenters. The molecule has 5 heteroatoms. The van der Waals surface area contributed by atoms with Gasteiger partial charge in [-0.25, -0.2) is 8.42 Å². The molecule has 1 aromatic carbocycles. The molecule has 1 aliphatic heterocycles. The lowest BCUT2D eigenvalue weighted by Gasteiger charge is -2.20. The lowest BCUT2D eigenvalue weighted by Crippen LogP contribution is -2.28. The monoisotopic (exact) mass is 244 g/mol. The largest absolute Gasteiger partial charge is 0.294 e. The number of fused-ring (bicyclic) bond motifs is 1. The van der Waals surface area contributed by atoms with Crippen molar-refractivity contribution >= 4 is 27.2 Å². The van der Waals surface area contributed by atoms with Crippen LogP contribution in [0.4, 0.5) is 0 Å². The Hall–Kier alpha value is -0.870. The van der Waals surface area contributed by atoms with Crippen molar-refractivity contribution in [3.05, 3.63) is 28.8 Å². The third-order valence-corrected chi connectivity index (χ3v) is 4.98. The first-order valence-electron chi connectivity index (χ1n) is 4.49. The maximum absolute atomic E-state index is 11.9. The molecule has 1 aliphatic rings. The summed E-state index contributed by atoms with van der Waals surface area (Å²) in [7, 11) is -3.35. The van der Waals surface area contributed by atoms with E-state index in [4.69, 9.17) is 11.6 Å². The molecule has 15 heavy (non-hydrogen) atoms. The summed E-state index contributed by atoms with van der Waals surface area (Å²) in [6.07, 6.45) is 0.0374. The fourth-order valence-corrected chi connectivity index (χ4v) is 3.38. The van der Waals surface area contributed by atoms with Crippen molar-refractivity contribution in [2.24, 2.45) is 0 Å². The van der Waals surface area contributed by atoms with Gasteiger partial charge in [-0.2, -0.15) is 0 Å². The number of rotatable bonds is 0. The third kappa shape index (κ3) is 1.58. The Morgan fingerprint density at radius 3 is 2.73 bits per heavy atom. The quantitative estimate of drug-likeness (QED) is 0.702. The highest BCUT2D eigenvalue weighted by Gasteiger charge is 2.35. The van der Waals surface area contributed by atoms with Gasteiger partial charge in [0.25, 0.3) is 0 Å². The van der Waals surface area contributed by atoms with Crippen molar-refractivity contribution in [1.29, 1.82) is 0 Å². The molecule has 0 N–H and O–H groups in total. The molecule has 2 rings (SSSR count). The van der Waals surface area contributed by atoms with Gasteiger partial charge in [-0.05, 0) is 25.1 Å². The molecule has 0 saturated carbocycles. The lowest BCUT2D eigenvalue weighted by molar-refractivity contribution is 0.0976. The molecule has 3 nitrogen and oxygen atoms in total. The molecular weight excluding hydrogens is 236 g/mol. The van der Waals surface area contributed by atoms with Crippen molar-refractivity contribution in [2.45, 2.75) is 23.5 Å². The summed E-state index contributed by atoms with van der Waals surface area (Å²) in [6, 6.07) is 4.31. The first-order valence-corrected chi connectivity index (χ1v) is 6.42. The minimum Gasteiger partial charge on any atom is -0.294 e. The van der Waals surface area contributed by atoms with E-state index < -0.39 is 15.1 Å². The van der Waals surface area contributed by atoms with E-state index >= 15 is 0 Å². The molecule has 0 aromatic heterocycles. The Balaban J connectivity index is 2.76. The smallest absolute Gasteiger partial charge is 0.182 e. The summed E-state index contributed by atoms with van der Waals surface area (Å²) in [5, 5.41) is -0.259. The van der Waals surface area contributed by atoms with Gasteiger partial charge in [0.2, 0.25) is 0 Å². The number of carbonyl (C=O) groups excluding carboxylic acids is 1. The lowest BCUT2D eigenvalue weighted by atomic mass is 10.1. The first kappa shape index (κ1) is 10.6. The van der Waals surface area contributed by atoms with Crippen LogP contribution in [0.3, 0.4) is 0 Å². The van der Waals surface area contributed by atoms with E-state index in [0.29, 0.717) is 5.02 Å². The van der Waals surface area contributed by atoms with Crippen LogP contribution in [0.2, 0.25) is 5.02 Å². The number of benzene rings is 1. The summed E-state index contributed by atoms with van der Waals surface area (Å²) in [5.74, 6) is -0.158. The Kier molecular flexibility index (Phi) is 2.35. The third-order valence-electron chi connectivity index (χ3n) is 2.55. The predicted molar refractivity (Wildman–Crippen MR) is 57.0 cm³/mol. The van der Waals surface area contributed by atoms with Crippen molar-refractivity contribution < 1.29 is 13.2 Å². The zero-order valence-electron chi connectivity index (χ0n) is 8.03. The Morgan fingerprint density at radius 1 is 1.40 bits per heavy atom. The van der Waals surface area contributed by atoms with Crippen molar-refractivity contribution in [1.82, 2.24) is 0 Å². The Labute approximate surface area is 93.0 Å². The van der Waals surface area contributed by atoms with Crippen LogP contribution >= 0.6 is 11.6 Å². The van der Waals surface area contributed by atoms with Crippen LogP contribution in [-0.2, 0) is 9.84 Å². The van der Waals surface area contributed by atoms with Crippen LogP contribution in [0.15, 0.2) is 23.1 Å². The molecule has 0 spiro atoms. The van der Waals surface area contributed by atoms with Crippen LogP contribution < -0.4 is 0 Å². The van der Waals surface area contributed by atoms with Crippen LogP contribution in [-0.4, -0.2) is 19.5 Å². The van der Waals surface area contributed by atoms with E-state index in [-0.39, 0.29) is 22.7 Å². The second-order valence-corrected chi connectivity index (χ2v) is 6.39. The molecule has 0 fully saturated rings. The molecule has 80 valence electrons. The normalized spacial score (nSPS) is 23.6. The number of Topliss-reactive ketones (excluding diaryl/α,β-unsaturated/α-hetero) is 1. The van der Waals surface area contributed by atoms with Crippen molar-refractivity contribution in [3.8, 4) is 0 Å². The van der Waals surface area contributed by atoms with Crippen LogP contribution in [0.25, 0.3) is 0 Å². The molecule has 0 radical (unpaired) electrons. The van der Waals surface area contributed by atoms with Gasteiger partial charge in [0.05, 0.1) is 10.1 Å². The number of sulfone groups is 1.